The molecule has 2 aromatic rings. The van der Waals surface area contributed by atoms with Crippen LogP contribution in [-0.4, -0.2) is 5.11 Å². The molecule has 1 N–H and O–H groups in total. The molecule has 0 aliphatic carbocycles. The predicted octanol–water partition coefficient (Wildman–Crippen LogP) is 3.81. The van der Waals surface area contributed by atoms with Gasteiger partial charge in [-0.2, -0.15) is 0 Å². The maximum atomic E-state index is 9.50. The zero-order chi connectivity index (χ0) is 9.42. The lowest BCUT2D eigenvalue weighted by molar-refractivity contribution is 0.483. The summed E-state index contributed by atoms with van der Waals surface area (Å²) in [6.07, 6.45) is 0. The summed E-state index contributed by atoms with van der Waals surface area (Å²) in [6, 6.07) is 4.03. The molecule has 0 spiro atoms. The number of fused-ring (bicyclic) bond motifs is 1. The summed E-state index contributed by atoms with van der Waals surface area (Å²) in [6.45, 7) is 2.09. The fourth-order valence-electron chi connectivity index (χ4n) is 1.41. The van der Waals surface area contributed by atoms with Crippen LogP contribution in [0.1, 0.15) is 11.1 Å². The smallest absolute Gasteiger partial charge is 0.134 e. The summed E-state index contributed by atoms with van der Waals surface area (Å²) in [7, 11) is 0. The second-order valence-electron chi connectivity index (χ2n) is 2.98. The maximum absolute atomic E-state index is 9.50. The number of rotatable bonds is 1. The minimum atomic E-state index is 0.393. The van der Waals surface area contributed by atoms with Gasteiger partial charge in [-0.15, -0.1) is 11.3 Å². The highest BCUT2D eigenvalue weighted by molar-refractivity contribution is 9.08. The average molecular weight is 257 g/mol. The summed E-state index contributed by atoms with van der Waals surface area (Å²) < 4.78 is 1.19. The van der Waals surface area contributed by atoms with Gasteiger partial charge in [-0.05, 0) is 24.1 Å². The third kappa shape index (κ3) is 1.36. The van der Waals surface area contributed by atoms with Gasteiger partial charge in [-0.25, -0.2) is 0 Å². The Hall–Kier alpha value is -0.540. The van der Waals surface area contributed by atoms with Crippen molar-refractivity contribution in [1.29, 1.82) is 0 Å². The van der Waals surface area contributed by atoms with E-state index < -0.39 is 0 Å². The van der Waals surface area contributed by atoms with Crippen LogP contribution in [0.25, 0.3) is 10.1 Å². The van der Waals surface area contributed by atoms with Crippen molar-refractivity contribution in [2.75, 3.05) is 0 Å². The first-order valence-electron chi connectivity index (χ1n) is 3.98. The van der Waals surface area contributed by atoms with Crippen LogP contribution in [-0.2, 0) is 5.33 Å². The Labute approximate surface area is 89.1 Å². The molecule has 0 atom stereocenters. The Kier molecular flexibility index (Phi) is 2.30. The fourth-order valence-corrected chi connectivity index (χ4v) is 2.98. The Morgan fingerprint density at radius 3 is 2.92 bits per heavy atom. The molecule has 1 nitrogen and oxygen atoms in total. The molecule has 0 amide bonds. The van der Waals surface area contributed by atoms with Gasteiger partial charge in [0.05, 0.1) is 0 Å². The van der Waals surface area contributed by atoms with Crippen LogP contribution < -0.4 is 0 Å². The molecule has 0 saturated heterocycles. The Morgan fingerprint density at radius 1 is 1.46 bits per heavy atom. The third-order valence-corrected chi connectivity index (χ3v) is 3.93. The van der Waals surface area contributed by atoms with Crippen LogP contribution in [0.15, 0.2) is 17.5 Å². The largest absolute Gasteiger partial charge is 0.506 e. The van der Waals surface area contributed by atoms with Crippen molar-refractivity contribution < 1.29 is 5.11 Å². The van der Waals surface area contributed by atoms with Crippen LogP contribution in [0.3, 0.4) is 0 Å². The van der Waals surface area contributed by atoms with E-state index in [0.717, 1.165) is 10.7 Å². The van der Waals surface area contributed by atoms with E-state index >= 15 is 0 Å². The molecule has 0 saturated carbocycles. The Balaban J connectivity index is 2.80. The van der Waals surface area contributed by atoms with Crippen molar-refractivity contribution in [2.45, 2.75) is 12.3 Å². The van der Waals surface area contributed by atoms with Crippen LogP contribution in [0.5, 0.6) is 5.75 Å². The standard InChI is InChI=1S/C10H9BrOS/c1-6-7(4-11)2-3-8-9(12)5-13-10(6)8/h2-3,5,12H,4H2,1H3. The van der Waals surface area contributed by atoms with Crippen LogP contribution in [0, 0.1) is 6.92 Å². The number of aryl methyl sites for hydroxylation is 1. The van der Waals surface area contributed by atoms with Crippen molar-refractivity contribution >= 4 is 37.4 Å². The number of aromatic hydroxyl groups is 1. The zero-order valence-electron chi connectivity index (χ0n) is 7.17. The number of hydrogen-bond acceptors (Lipinski definition) is 2. The molecular weight excluding hydrogens is 248 g/mol. The van der Waals surface area contributed by atoms with Crippen molar-refractivity contribution in [3.63, 3.8) is 0 Å². The molecule has 0 bridgehead atoms. The minimum Gasteiger partial charge on any atom is -0.506 e. The Morgan fingerprint density at radius 2 is 2.23 bits per heavy atom. The van der Waals surface area contributed by atoms with E-state index in [9.17, 15) is 5.11 Å². The van der Waals surface area contributed by atoms with Gasteiger partial charge in [0.1, 0.15) is 5.75 Å². The van der Waals surface area contributed by atoms with Gasteiger partial charge in [0.25, 0.3) is 0 Å². The number of halogens is 1. The second-order valence-corrected chi connectivity index (χ2v) is 4.42. The number of thiophene rings is 1. The third-order valence-electron chi connectivity index (χ3n) is 2.23. The van der Waals surface area contributed by atoms with E-state index in [1.807, 2.05) is 6.07 Å². The highest BCUT2D eigenvalue weighted by Crippen LogP contribution is 2.35. The molecule has 0 aliphatic heterocycles. The summed E-state index contributed by atoms with van der Waals surface area (Å²) >= 11 is 5.04. The first-order chi connectivity index (χ1) is 6.24. The van der Waals surface area contributed by atoms with Crippen LogP contribution >= 0.6 is 27.3 Å². The van der Waals surface area contributed by atoms with Gasteiger partial charge in [0, 0.05) is 20.8 Å². The summed E-state index contributed by atoms with van der Waals surface area (Å²) in [5.74, 6) is 0.393. The van der Waals surface area contributed by atoms with E-state index in [1.54, 1.807) is 16.7 Å². The molecule has 1 aromatic carbocycles. The van der Waals surface area contributed by atoms with E-state index in [1.165, 1.54) is 15.8 Å². The van der Waals surface area contributed by atoms with Crippen molar-refractivity contribution in [3.05, 3.63) is 28.6 Å². The van der Waals surface area contributed by atoms with E-state index in [0.29, 0.717) is 5.75 Å². The first-order valence-corrected chi connectivity index (χ1v) is 5.98. The van der Waals surface area contributed by atoms with E-state index in [2.05, 4.69) is 28.9 Å². The van der Waals surface area contributed by atoms with Gasteiger partial charge in [-0.3, -0.25) is 0 Å². The second kappa shape index (κ2) is 3.31. The minimum absolute atomic E-state index is 0.393. The number of hydrogen-bond donors (Lipinski definition) is 1. The normalized spacial score (nSPS) is 10.9. The molecule has 0 radical (unpaired) electrons. The topological polar surface area (TPSA) is 20.2 Å². The summed E-state index contributed by atoms with van der Waals surface area (Å²) in [5, 5.41) is 13.1. The van der Waals surface area contributed by atoms with Gasteiger partial charge in [-0.1, -0.05) is 22.0 Å². The SMILES string of the molecule is Cc1c(CBr)ccc2c(O)csc12. The van der Waals surface area contributed by atoms with E-state index in [-0.39, 0.29) is 0 Å². The maximum Gasteiger partial charge on any atom is 0.134 e. The summed E-state index contributed by atoms with van der Waals surface area (Å²) in [5.41, 5.74) is 2.55. The fraction of sp³-hybridized carbons (Fsp3) is 0.200. The molecule has 1 aromatic heterocycles. The molecule has 2 rings (SSSR count). The van der Waals surface area contributed by atoms with Crippen LogP contribution in [0.2, 0.25) is 0 Å². The van der Waals surface area contributed by atoms with Crippen molar-refractivity contribution in [2.24, 2.45) is 0 Å². The predicted molar refractivity (Wildman–Crippen MR) is 60.9 cm³/mol. The monoisotopic (exact) mass is 256 g/mol. The zero-order valence-corrected chi connectivity index (χ0v) is 9.58. The molecule has 0 fully saturated rings. The summed E-state index contributed by atoms with van der Waals surface area (Å²) in [4.78, 5) is 0. The lowest BCUT2D eigenvalue weighted by Gasteiger charge is -2.02. The van der Waals surface area contributed by atoms with Gasteiger partial charge in [0.15, 0.2) is 0 Å². The average Bonchev–Trinajstić information content (AvgIpc) is 2.50. The molecule has 1 heterocycles. The van der Waals surface area contributed by atoms with Crippen molar-refractivity contribution in [3.8, 4) is 5.75 Å². The van der Waals surface area contributed by atoms with Gasteiger partial charge in [0.2, 0.25) is 0 Å². The molecule has 3 heteroatoms. The van der Waals surface area contributed by atoms with Crippen LogP contribution in [0.4, 0.5) is 0 Å². The quantitative estimate of drug-likeness (QED) is 0.770. The molecule has 0 unspecified atom stereocenters. The van der Waals surface area contributed by atoms with Crippen molar-refractivity contribution in [1.82, 2.24) is 0 Å². The van der Waals surface area contributed by atoms with Gasteiger partial charge >= 0.3 is 0 Å². The van der Waals surface area contributed by atoms with E-state index in [4.69, 9.17) is 0 Å². The highest BCUT2D eigenvalue weighted by Gasteiger charge is 2.07. The lowest BCUT2D eigenvalue weighted by atomic mass is 10.1. The molecular formula is C10H9BrOS. The molecule has 68 valence electrons. The molecule has 0 aliphatic rings. The number of alkyl halides is 1. The lowest BCUT2D eigenvalue weighted by Crippen LogP contribution is -1.83. The van der Waals surface area contributed by atoms with Gasteiger partial charge < -0.3 is 5.11 Å². The highest BCUT2D eigenvalue weighted by atomic mass is 79.9. The Bertz CT molecular complexity index is 447. The number of benzene rings is 1. The molecule has 13 heavy (non-hydrogen) atoms. The first kappa shape index (κ1) is 9.03.